The van der Waals surface area contributed by atoms with Gasteiger partial charge in [-0.2, -0.15) is 0 Å². The summed E-state index contributed by atoms with van der Waals surface area (Å²) in [6, 6.07) is 12.0. The minimum Gasteiger partial charge on any atom is -0.366 e. The van der Waals surface area contributed by atoms with Crippen molar-refractivity contribution in [3.05, 3.63) is 59.9 Å². The number of hydrogen-bond acceptors (Lipinski definition) is 4. The number of anilines is 2. The maximum atomic E-state index is 12.9. The van der Waals surface area contributed by atoms with Crippen LogP contribution in [0.1, 0.15) is 23.2 Å². The van der Waals surface area contributed by atoms with Gasteiger partial charge in [-0.1, -0.05) is 0 Å². The van der Waals surface area contributed by atoms with Crippen molar-refractivity contribution in [1.29, 1.82) is 0 Å². The summed E-state index contributed by atoms with van der Waals surface area (Å²) >= 11 is 0. The van der Waals surface area contributed by atoms with Crippen LogP contribution in [0.5, 0.6) is 0 Å². The Labute approximate surface area is 168 Å². The fourth-order valence-corrected chi connectivity index (χ4v) is 3.25. The number of nitrogens with one attached hydrogen (secondary N) is 2. The van der Waals surface area contributed by atoms with Crippen molar-refractivity contribution in [1.82, 2.24) is 4.90 Å². The van der Waals surface area contributed by atoms with Crippen LogP contribution in [0.25, 0.3) is 0 Å². The quantitative estimate of drug-likeness (QED) is 0.694. The molecule has 0 radical (unpaired) electrons. The standard InChI is InChI=1S/C21H23FN4O3/c22-16-3-7-17(8-4-16)24-19(27)13-26-11-9-15(10-12-26)21(29)25-18-5-1-14(2-6-18)20(23)28/h1-8,15H,9-13H2,(H2,23,28)(H,24,27)(H,25,29). The lowest BCUT2D eigenvalue weighted by molar-refractivity contribution is -0.121. The Morgan fingerprint density at radius 1 is 0.931 bits per heavy atom. The molecule has 4 N–H and O–H groups in total. The van der Waals surface area contributed by atoms with Gasteiger partial charge >= 0.3 is 0 Å². The summed E-state index contributed by atoms with van der Waals surface area (Å²) in [4.78, 5) is 37.7. The van der Waals surface area contributed by atoms with E-state index in [9.17, 15) is 18.8 Å². The highest BCUT2D eigenvalue weighted by Gasteiger charge is 2.26. The topological polar surface area (TPSA) is 105 Å². The van der Waals surface area contributed by atoms with Crippen LogP contribution in [0.15, 0.2) is 48.5 Å². The average molecular weight is 398 g/mol. The van der Waals surface area contributed by atoms with Gasteiger partial charge in [0.1, 0.15) is 5.82 Å². The van der Waals surface area contributed by atoms with E-state index in [-0.39, 0.29) is 30.1 Å². The van der Waals surface area contributed by atoms with E-state index in [2.05, 4.69) is 10.6 Å². The van der Waals surface area contributed by atoms with Crippen molar-refractivity contribution < 1.29 is 18.8 Å². The predicted molar refractivity (Wildman–Crippen MR) is 108 cm³/mol. The lowest BCUT2D eigenvalue weighted by atomic mass is 9.95. The van der Waals surface area contributed by atoms with Crippen LogP contribution >= 0.6 is 0 Å². The first kappa shape index (κ1) is 20.5. The molecule has 2 aromatic rings. The molecule has 29 heavy (non-hydrogen) atoms. The van der Waals surface area contributed by atoms with Gasteiger partial charge in [-0.05, 0) is 74.5 Å². The second-order valence-electron chi connectivity index (χ2n) is 7.04. The molecule has 2 aromatic carbocycles. The maximum absolute atomic E-state index is 12.9. The average Bonchev–Trinajstić information content (AvgIpc) is 2.70. The van der Waals surface area contributed by atoms with Crippen molar-refractivity contribution in [3.8, 4) is 0 Å². The molecule has 0 aromatic heterocycles. The molecule has 1 aliphatic rings. The van der Waals surface area contributed by atoms with Gasteiger partial charge in [0.25, 0.3) is 0 Å². The van der Waals surface area contributed by atoms with E-state index >= 15 is 0 Å². The Kier molecular flexibility index (Phi) is 6.56. The molecule has 1 saturated heterocycles. The normalized spacial score (nSPS) is 14.9. The first-order valence-corrected chi connectivity index (χ1v) is 9.39. The van der Waals surface area contributed by atoms with Crippen LogP contribution in [-0.4, -0.2) is 42.3 Å². The van der Waals surface area contributed by atoms with E-state index in [4.69, 9.17) is 5.73 Å². The molecule has 0 unspecified atom stereocenters. The Bertz CT molecular complexity index is 876. The number of nitrogens with zero attached hydrogens (tertiary/aromatic N) is 1. The third-order valence-electron chi connectivity index (χ3n) is 4.89. The second-order valence-corrected chi connectivity index (χ2v) is 7.04. The van der Waals surface area contributed by atoms with E-state index < -0.39 is 5.91 Å². The van der Waals surface area contributed by atoms with E-state index in [0.717, 1.165) is 0 Å². The number of benzene rings is 2. The van der Waals surface area contributed by atoms with E-state index in [1.807, 2.05) is 4.90 Å². The summed E-state index contributed by atoms with van der Waals surface area (Å²) in [5, 5.41) is 5.59. The molecule has 7 nitrogen and oxygen atoms in total. The number of primary amides is 1. The van der Waals surface area contributed by atoms with Gasteiger partial charge in [-0.15, -0.1) is 0 Å². The molecular formula is C21H23FN4O3. The Morgan fingerprint density at radius 3 is 2.07 bits per heavy atom. The SMILES string of the molecule is NC(=O)c1ccc(NC(=O)C2CCN(CC(=O)Nc3ccc(F)cc3)CC2)cc1. The Hall–Kier alpha value is -3.26. The highest BCUT2D eigenvalue weighted by molar-refractivity contribution is 5.95. The van der Waals surface area contributed by atoms with Gasteiger partial charge in [0.05, 0.1) is 6.54 Å². The van der Waals surface area contributed by atoms with Gasteiger partial charge in [0.15, 0.2) is 0 Å². The number of hydrogen-bond donors (Lipinski definition) is 3. The molecule has 3 amide bonds. The minimum absolute atomic E-state index is 0.0766. The molecule has 152 valence electrons. The fourth-order valence-electron chi connectivity index (χ4n) is 3.25. The summed E-state index contributed by atoms with van der Waals surface area (Å²) in [7, 11) is 0. The first-order valence-electron chi connectivity index (χ1n) is 9.39. The van der Waals surface area contributed by atoms with Gasteiger partial charge in [0.2, 0.25) is 17.7 Å². The molecule has 0 saturated carbocycles. The summed E-state index contributed by atoms with van der Waals surface area (Å²) < 4.78 is 12.9. The number of carbonyl (C=O) groups is 3. The van der Waals surface area contributed by atoms with Gasteiger partial charge in [-0.25, -0.2) is 4.39 Å². The number of carbonyl (C=O) groups excluding carboxylic acids is 3. The zero-order chi connectivity index (χ0) is 20.8. The predicted octanol–water partition coefficient (Wildman–Crippen LogP) is 2.21. The molecule has 0 aliphatic carbocycles. The largest absolute Gasteiger partial charge is 0.366 e. The van der Waals surface area contributed by atoms with E-state index in [1.54, 1.807) is 24.3 Å². The van der Waals surface area contributed by atoms with Crippen LogP contribution in [-0.2, 0) is 9.59 Å². The molecule has 1 aliphatic heterocycles. The number of amides is 3. The van der Waals surface area contributed by atoms with Gasteiger partial charge in [-0.3, -0.25) is 19.3 Å². The number of nitrogens with two attached hydrogens (primary N) is 1. The lowest BCUT2D eigenvalue weighted by Gasteiger charge is -2.30. The van der Waals surface area contributed by atoms with E-state index in [1.165, 1.54) is 24.3 Å². The highest BCUT2D eigenvalue weighted by atomic mass is 19.1. The number of rotatable bonds is 6. The summed E-state index contributed by atoms with van der Waals surface area (Å²) in [6.07, 6.45) is 1.30. The molecular weight excluding hydrogens is 375 g/mol. The van der Waals surface area contributed by atoms with Crippen LogP contribution in [0.2, 0.25) is 0 Å². The van der Waals surface area contributed by atoms with E-state index in [0.29, 0.717) is 42.9 Å². The highest BCUT2D eigenvalue weighted by Crippen LogP contribution is 2.20. The first-order chi connectivity index (χ1) is 13.9. The summed E-state index contributed by atoms with van der Waals surface area (Å²) in [6.45, 7) is 1.49. The van der Waals surface area contributed by atoms with Crippen LogP contribution in [0.3, 0.4) is 0 Å². The zero-order valence-corrected chi connectivity index (χ0v) is 15.9. The monoisotopic (exact) mass is 398 g/mol. The van der Waals surface area contributed by atoms with Crippen LogP contribution in [0, 0.1) is 11.7 Å². The lowest BCUT2D eigenvalue weighted by Crippen LogP contribution is -2.41. The number of halogens is 1. The number of likely N-dealkylation sites (tertiary alicyclic amines) is 1. The molecule has 8 heteroatoms. The molecule has 0 bridgehead atoms. The zero-order valence-electron chi connectivity index (χ0n) is 15.9. The number of piperidine rings is 1. The second kappa shape index (κ2) is 9.29. The van der Waals surface area contributed by atoms with Crippen molar-refractivity contribution in [3.63, 3.8) is 0 Å². The smallest absolute Gasteiger partial charge is 0.248 e. The van der Waals surface area contributed by atoms with Gasteiger partial charge in [0, 0.05) is 22.9 Å². The van der Waals surface area contributed by atoms with Gasteiger partial charge < -0.3 is 16.4 Å². The van der Waals surface area contributed by atoms with Crippen molar-refractivity contribution in [2.24, 2.45) is 11.7 Å². The molecule has 3 rings (SSSR count). The van der Waals surface area contributed by atoms with Crippen LogP contribution in [0.4, 0.5) is 15.8 Å². The Balaban J connectivity index is 1.43. The van der Waals surface area contributed by atoms with Crippen molar-refractivity contribution >= 4 is 29.1 Å². The molecule has 1 fully saturated rings. The van der Waals surface area contributed by atoms with Crippen molar-refractivity contribution in [2.75, 3.05) is 30.3 Å². The third kappa shape index (κ3) is 5.86. The third-order valence-corrected chi connectivity index (χ3v) is 4.89. The summed E-state index contributed by atoms with van der Waals surface area (Å²) in [5.74, 6) is -1.26. The molecule has 0 spiro atoms. The van der Waals surface area contributed by atoms with Crippen LogP contribution < -0.4 is 16.4 Å². The minimum atomic E-state index is -0.515. The Morgan fingerprint density at radius 2 is 1.48 bits per heavy atom. The maximum Gasteiger partial charge on any atom is 0.248 e. The van der Waals surface area contributed by atoms with Crippen molar-refractivity contribution in [2.45, 2.75) is 12.8 Å². The fraction of sp³-hybridized carbons (Fsp3) is 0.286. The molecule has 0 atom stereocenters. The molecule has 1 heterocycles. The summed E-state index contributed by atoms with van der Waals surface area (Å²) in [5.41, 5.74) is 6.75.